The molecule has 0 heterocycles. The molecular weight excluding hydrogens is 426 g/mol. The molecule has 5 nitrogen and oxygen atoms in total. The van der Waals surface area contributed by atoms with Gasteiger partial charge in [-0.1, -0.05) is 60.7 Å². The lowest BCUT2D eigenvalue weighted by molar-refractivity contribution is -0.149. The van der Waals surface area contributed by atoms with Crippen LogP contribution in [-0.2, 0) is 28.8 Å². The first kappa shape index (κ1) is 24.0. The lowest BCUT2D eigenvalue weighted by atomic mass is 9.93. The molecule has 0 saturated carbocycles. The molecule has 1 aliphatic carbocycles. The molecule has 3 aromatic rings. The van der Waals surface area contributed by atoms with Crippen molar-refractivity contribution in [3.05, 3.63) is 101 Å². The molecule has 178 valence electrons. The van der Waals surface area contributed by atoms with Gasteiger partial charge in [-0.25, -0.2) is 4.79 Å². The van der Waals surface area contributed by atoms with E-state index in [0.717, 1.165) is 30.7 Å². The summed E-state index contributed by atoms with van der Waals surface area (Å²) in [5.41, 5.74) is 6.50. The molecule has 0 radical (unpaired) electrons. The molecule has 1 aliphatic rings. The summed E-state index contributed by atoms with van der Waals surface area (Å²) in [4.78, 5) is 13.7. The van der Waals surface area contributed by atoms with Gasteiger partial charge < -0.3 is 14.6 Å². The van der Waals surface area contributed by atoms with Gasteiger partial charge in [0.05, 0.1) is 6.04 Å². The Morgan fingerprint density at radius 3 is 2.12 bits per heavy atom. The molecule has 0 aromatic heterocycles. The number of carboxylic acids is 1. The Balaban J connectivity index is 1.40. The molecule has 1 atom stereocenters. The molecule has 0 aliphatic heterocycles. The first-order valence-electron chi connectivity index (χ1n) is 12.0. The number of carbonyl (C=O) groups is 1. The summed E-state index contributed by atoms with van der Waals surface area (Å²) in [6.07, 6.45) is 1.64. The van der Waals surface area contributed by atoms with Crippen molar-refractivity contribution in [2.45, 2.75) is 38.3 Å². The minimum absolute atomic E-state index is 0.201. The average Bonchev–Trinajstić information content (AvgIpc) is 3.01. The molecule has 0 amide bonds. The van der Waals surface area contributed by atoms with E-state index >= 15 is 0 Å². The Morgan fingerprint density at radius 2 is 1.56 bits per heavy atom. The quantitative estimate of drug-likeness (QED) is 0.466. The van der Waals surface area contributed by atoms with Crippen LogP contribution in [0.15, 0.2) is 72.8 Å². The van der Waals surface area contributed by atoms with Crippen molar-refractivity contribution >= 4 is 5.97 Å². The summed E-state index contributed by atoms with van der Waals surface area (Å²) in [6.45, 7) is 3.52. The van der Waals surface area contributed by atoms with Crippen molar-refractivity contribution in [2.75, 3.05) is 26.8 Å². The van der Waals surface area contributed by atoms with E-state index in [0.29, 0.717) is 19.6 Å². The van der Waals surface area contributed by atoms with Crippen LogP contribution in [0.25, 0.3) is 0 Å². The van der Waals surface area contributed by atoms with Crippen LogP contribution < -0.4 is 4.74 Å². The fraction of sp³-hybridized carbons (Fsp3) is 0.345. The van der Waals surface area contributed by atoms with E-state index in [1.807, 2.05) is 24.3 Å². The van der Waals surface area contributed by atoms with Crippen molar-refractivity contribution in [2.24, 2.45) is 0 Å². The van der Waals surface area contributed by atoms with Gasteiger partial charge in [0.15, 0.2) is 6.10 Å². The smallest absolute Gasteiger partial charge is 0.333 e. The molecule has 0 saturated heterocycles. The largest absolute Gasteiger partial charge is 0.492 e. The van der Waals surface area contributed by atoms with Crippen molar-refractivity contribution in [1.29, 1.82) is 0 Å². The number of fused-ring (bicyclic) bond motifs is 2. The number of carboxylic acid groups (broad SMARTS) is 1. The molecule has 1 unspecified atom stereocenters. The van der Waals surface area contributed by atoms with E-state index in [2.05, 4.69) is 60.5 Å². The Hall–Kier alpha value is -3.15. The summed E-state index contributed by atoms with van der Waals surface area (Å²) in [6, 6.07) is 25.4. The normalized spacial score (nSPS) is 14.2. The van der Waals surface area contributed by atoms with Crippen LogP contribution in [0.4, 0.5) is 0 Å². The highest BCUT2D eigenvalue weighted by Crippen LogP contribution is 2.35. The average molecular weight is 460 g/mol. The second kappa shape index (κ2) is 11.3. The summed E-state index contributed by atoms with van der Waals surface area (Å²) >= 11 is 0. The highest BCUT2D eigenvalue weighted by Gasteiger charge is 2.26. The van der Waals surface area contributed by atoms with Gasteiger partial charge in [-0.15, -0.1) is 0 Å². The maximum absolute atomic E-state index is 11.3. The molecule has 34 heavy (non-hydrogen) atoms. The minimum Gasteiger partial charge on any atom is -0.492 e. The number of nitrogens with zero attached hydrogens (tertiary/aromatic N) is 1. The van der Waals surface area contributed by atoms with E-state index in [4.69, 9.17) is 9.47 Å². The Kier molecular flexibility index (Phi) is 7.99. The van der Waals surface area contributed by atoms with Crippen molar-refractivity contribution in [3.63, 3.8) is 0 Å². The first-order valence-corrected chi connectivity index (χ1v) is 12.0. The molecule has 3 aromatic carbocycles. The second-order valence-electron chi connectivity index (χ2n) is 8.76. The molecule has 5 heteroatoms. The summed E-state index contributed by atoms with van der Waals surface area (Å²) in [7, 11) is 2.16. The van der Waals surface area contributed by atoms with Gasteiger partial charge in [0.1, 0.15) is 12.4 Å². The summed E-state index contributed by atoms with van der Waals surface area (Å²) < 4.78 is 11.3. The fourth-order valence-electron chi connectivity index (χ4n) is 4.76. The van der Waals surface area contributed by atoms with E-state index in [9.17, 15) is 9.90 Å². The number of benzene rings is 3. The zero-order valence-electron chi connectivity index (χ0n) is 19.9. The van der Waals surface area contributed by atoms with Crippen LogP contribution in [0.2, 0.25) is 0 Å². The van der Waals surface area contributed by atoms with Crippen molar-refractivity contribution in [3.8, 4) is 5.75 Å². The Labute approximate surface area is 201 Å². The van der Waals surface area contributed by atoms with Gasteiger partial charge in [0.2, 0.25) is 0 Å². The van der Waals surface area contributed by atoms with Crippen LogP contribution in [-0.4, -0.2) is 48.9 Å². The van der Waals surface area contributed by atoms with Crippen molar-refractivity contribution in [1.82, 2.24) is 4.90 Å². The molecule has 4 rings (SSSR count). The maximum Gasteiger partial charge on any atom is 0.333 e. The lowest BCUT2D eigenvalue weighted by Crippen LogP contribution is -2.30. The van der Waals surface area contributed by atoms with E-state index in [-0.39, 0.29) is 6.04 Å². The molecule has 0 spiro atoms. The van der Waals surface area contributed by atoms with E-state index in [1.165, 1.54) is 22.3 Å². The standard InChI is InChI=1S/C29H33NO4/c1-3-33-27(29(31)32)20-21-12-16-24(17-13-21)34-19-18-30(2)28-25-10-6-4-8-22(25)14-15-23-9-5-7-11-26(23)28/h4-13,16-17,27-28H,3,14-15,18-20H2,1-2H3,(H,31,32). The molecule has 1 N–H and O–H groups in total. The number of rotatable bonds is 10. The number of ether oxygens (including phenoxy) is 2. The highest BCUT2D eigenvalue weighted by molar-refractivity contribution is 5.72. The van der Waals surface area contributed by atoms with E-state index < -0.39 is 12.1 Å². The number of hydrogen-bond donors (Lipinski definition) is 1. The number of hydrogen-bond acceptors (Lipinski definition) is 4. The van der Waals surface area contributed by atoms with E-state index in [1.54, 1.807) is 6.92 Å². The number of likely N-dealkylation sites (N-methyl/N-ethyl adjacent to an activating group) is 1. The first-order chi connectivity index (χ1) is 16.6. The number of aliphatic carboxylic acids is 1. The summed E-state index contributed by atoms with van der Waals surface area (Å²) in [5, 5.41) is 9.28. The van der Waals surface area contributed by atoms with Gasteiger partial charge in [0.25, 0.3) is 0 Å². The van der Waals surface area contributed by atoms with Crippen LogP contribution in [0.3, 0.4) is 0 Å². The van der Waals surface area contributed by atoms with Crippen molar-refractivity contribution < 1.29 is 19.4 Å². The SMILES string of the molecule is CCOC(Cc1ccc(OCCN(C)C2c3ccccc3CCc3ccccc32)cc1)C(=O)O. The van der Waals surface area contributed by atoms with Gasteiger partial charge in [-0.2, -0.15) is 0 Å². The van der Waals surface area contributed by atoms with Crippen LogP contribution in [0.5, 0.6) is 5.75 Å². The highest BCUT2D eigenvalue weighted by atomic mass is 16.5. The summed E-state index contributed by atoms with van der Waals surface area (Å²) in [5.74, 6) is -0.158. The molecule has 0 fully saturated rings. The minimum atomic E-state index is -0.938. The number of aryl methyl sites for hydroxylation is 2. The van der Waals surface area contributed by atoms with Crippen LogP contribution in [0, 0.1) is 0 Å². The topological polar surface area (TPSA) is 59.0 Å². The third kappa shape index (κ3) is 5.66. The van der Waals surface area contributed by atoms with Gasteiger partial charge in [0, 0.05) is 19.6 Å². The second-order valence-corrected chi connectivity index (χ2v) is 8.76. The maximum atomic E-state index is 11.3. The molecular formula is C29H33NO4. The predicted molar refractivity (Wildman–Crippen MR) is 133 cm³/mol. The predicted octanol–water partition coefficient (Wildman–Crippen LogP) is 4.92. The van der Waals surface area contributed by atoms with Gasteiger partial charge in [-0.05, 0) is 66.8 Å². The van der Waals surface area contributed by atoms with Gasteiger partial charge >= 0.3 is 5.97 Å². The molecule has 0 bridgehead atoms. The zero-order valence-corrected chi connectivity index (χ0v) is 19.9. The monoisotopic (exact) mass is 459 g/mol. The van der Waals surface area contributed by atoms with Crippen LogP contribution in [0.1, 0.15) is 40.8 Å². The third-order valence-electron chi connectivity index (χ3n) is 6.50. The fourth-order valence-corrected chi connectivity index (χ4v) is 4.76. The Bertz CT molecular complexity index is 1050. The zero-order chi connectivity index (χ0) is 23.9. The third-order valence-corrected chi connectivity index (χ3v) is 6.50. The van der Waals surface area contributed by atoms with Gasteiger partial charge in [-0.3, -0.25) is 4.90 Å². The lowest BCUT2D eigenvalue weighted by Gasteiger charge is -2.30. The Morgan fingerprint density at radius 1 is 0.971 bits per heavy atom. The van der Waals surface area contributed by atoms with Crippen LogP contribution >= 0.6 is 0 Å².